The summed E-state index contributed by atoms with van der Waals surface area (Å²) in [6, 6.07) is 4.22. The predicted octanol–water partition coefficient (Wildman–Crippen LogP) is 2.09. The minimum absolute atomic E-state index is 0.147. The second-order valence-electron chi connectivity index (χ2n) is 6.28. The molecule has 0 aliphatic carbocycles. The molecule has 7 nitrogen and oxygen atoms in total. The number of guanidine groups is 1. The van der Waals surface area contributed by atoms with Gasteiger partial charge in [0.05, 0.1) is 25.8 Å². The zero-order valence-electron chi connectivity index (χ0n) is 15.6. The molecule has 3 rings (SSSR count). The number of ether oxygens (including phenoxy) is 1. The van der Waals surface area contributed by atoms with Crippen LogP contribution in [0.4, 0.5) is 0 Å². The molecule has 2 aromatic heterocycles. The van der Waals surface area contributed by atoms with Crippen molar-refractivity contribution in [3.63, 3.8) is 0 Å². The van der Waals surface area contributed by atoms with Gasteiger partial charge in [-0.2, -0.15) is 0 Å². The van der Waals surface area contributed by atoms with E-state index in [-0.39, 0.29) is 6.04 Å². The smallest absolute Gasteiger partial charge is 0.191 e. The van der Waals surface area contributed by atoms with E-state index in [1.807, 2.05) is 19.2 Å². The van der Waals surface area contributed by atoms with Gasteiger partial charge in [0.1, 0.15) is 16.5 Å². The number of furan rings is 1. The quantitative estimate of drug-likeness (QED) is 0.593. The molecule has 0 saturated carbocycles. The molecule has 1 aliphatic rings. The Kier molecular flexibility index (Phi) is 6.65. The molecule has 0 amide bonds. The van der Waals surface area contributed by atoms with Crippen LogP contribution in [0.2, 0.25) is 0 Å². The zero-order valence-corrected chi connectivity index (χ0v) is 16.4. The largest absolute Gasteiger partial charge is 0.465 e. The first kappa shape index (κ1) is 18.9. The van der Waals surface area contributed by atoms with Crippen molar-refractivity contribution >= 4 is 17.3 Å². The highest BCUT2D eigenvalue weighted by molar-refractivity contribution is 7.11. The summed E-state index contributed by atoms with van der Waals surface area (Å²) in [5, 5.41) is 7.80. The molecule has 1 unspecified atom stereocenters. The first-order valence-electron chi connectivity index (χ1n) is 8.89. The third kappa shape index (κ3) is 5.06. The SMILES string of the molecule is CN=C(NCc1ncc(C)s1)NCC(c1ccc(C)o1)N1CCOCC1. The zero-order chi connectivity index (χ0) is 18.4. The number of nitrogens with one attached hydrogen (secondary N) is 2. The van der Waals surface area contributed by atoms with Crippen LogP contribution in [0.15, 0.2) is 27.7 Å². The van der Waals surface area contributed by atoms with Crippen molar-refractivity contribution in [2.45, 2.75) is 26.4 Å². The Hall–Kier alpha value is -1.90. The molecule has 0 radical (unpaired) electrons. The van der Waals surface area contributed by atoms with Gasteiger partial charge < -0.3 is 19.8 Å². The highest BCUT2D eigenvalue weighted by atomic mass is 32.1. The van der Waals surface area contributed by atoms with Gasteiger partial charge >= 0.3 is 0 Å². The van der Waals surface area contributed by atoms with Gasteiger partial charge in [-0.3, -0.25) is 9.89 Å². The highest BCUT2D eigenvalue weighted by Crippen LogP contribution is 2.23. The standard InChI is InChI=1S/C18H27N5O2S/c1-13-4-5-16(25-13)15(23-6-8-24-9-7-23)11-21-18(19-3)22-12-17-20-10-14(2)26-17/h4-5,10,15H,6-9,11-12H2,1-3H3,(H2,19,21,22). The fourth-order valence-corrected chi connectivity index (χ4v) is 3.71. The van der Waals surface area contributed by atoms with E-state index in [2.05, 4.69) is 38.5 Å². The van der Waals surface area contributed by atoms with E-state index in [0.29, 0.717) is 13.1 Å². The second kappa shape index (κ2) is 9.16. The van der Waals surface area contributed by atoms with Crippen molar-refractivity contribution in [1.29, 1.82) is 0 Å². The number of rotatable bonds is 6. The van der Waals surface area contributed by atoms with Gasteiger partial charge in [-0.25, -0.2) is 4.98 Å². The van der Waals surface area contributed by atoms with E-state index >= 15 is 0 Å². The summed E-state index contributed by atoms with van der Waals surface area (Å²) >= 11 is 1.69. The average Bonchev–Trinajstić information content (AvgIpc) is 3.27. The molecule has 1 fully saturated rings. The Labute approximate surface area is 158 Å². The Morgan fingerprint density at radius 1 is 1.31 bits per heavy atom. The maximum Gasteiger partial charge on any atom is 0.191 e. The minimum atomic E-state index is 0.147. The predicted molar refractivity (Wildman–Crippen MR) is 104 cm³/mol. The van der Waals surface area contributed by atoms with Crippen LogP contribution in [-0.4, -0.2) is 55.7 Å². The number of morpholine rings is 1. The van der Waals surface area contributed by atoms with Crippen LogP contribution in [0.5, 0.6) is 0 Å². The summed E-state index contributed by atoms with van der Waals surface area (Å²) in [6.07, 6.45) is 1.89. The summed E-state index contributed by atoms with van der Waals surface area (Å²) in [5.41, 5.74) is 0. The van der Waals surface area contributed by atoms with Gasteiger partial charge in [0, 0.05) is 37.8 Å². The fourth-order valence-electron chi connectivity index (χ4n) is 2.99. The molecule has 1 saturated heterocycles. The maximum absolute atomic E-state index is 5.91. The Morgan fingerprint density at radius 3 is 2.73 bits per heavy atom. The molecule has 1 aliphatic heterocycles. The molecule has 2 N–H and O–H groups in total. The number of hydrogen-bond acceptors (Lipinski definition) is 6. The summed E-state index contributed by atoms with van der Waals surface area (Å²) in [6.45, 7) is 8.73. The van der Waals surface area contributed by atoms with E-state index in [0.717, 1.165) is 48.8 Å². The summed E-state index contributed by atoms with van der Waals surface area (Å²) in [5.74, 6) is 2.67. The molecule has 0 aromatic carbocycles. The van der Waals surface area contributed by atoms with Gasteiger partial charge in [-0.15, -0.1) is 11.3 Å². The maximum atomic E-state index is 5.91. The van der Waals surface area contributed by atoms with Gasteiger partial charge in [0.2, 0.25) is 0 Å². The highest BCUT2D eigenvalue weighted by Gasteiger charge is 2.25. The average molecular weight is 378 g/mol. The van der Waals surface area contributed by atoms with Crippen LogP contribution in [0.25, 0.3) is 0 Å². The molecule has 0 bridgehead atoms. The van der Waals surface area contributed by atoms with Crippen molar-refractivity contribution in [3.05, 3.63) is 39.7 Å². The normalized spacial score (nSPS) is 17.3. The van der Waals surface area contributed by atoms with E-state index in [4.69, 9.17) is 9.15 Å². The summed E-state index contributed by atoms with van der Waals surface area (Å²) in [4.78, 5) is 12.3. The number of hydrogen-bond donors (Lipinski definition) is 2. The minimum Gasteiger partial charge on any atom is -0.465 e. The lowest BCUT2D eigenvalue weighted by atomic mass is 10.1. The number of thiazole rings is 1. The molecule has 2 aromatic rings. The summed E-state index contributed by atoms with van der Waals surface area (Å²) in [7, 11) is 1.78. The summed E-state index contributed by atoms with van der Waals surface area (Å²) < 4.78 is 11.4. The lowest BCUT2D eigenvalue weighted by Crippen LogP contribution is -2.46. The second-order valence-corrected chi connectivity index (χ2v) is 7.60. The van der Waals surface area contributed by atoms with E-state index in [1.54, 1.807) is 18.4 Å². The van der Waals surface area contributed by atoms with E-state index < -0.39 is 0 Å². The Balaban J connectivity index is 1.60. The lowest BCUT2D eigenvalue weighted by Gasteiger charge is -2.33. The molecular formula is C18H27N5O2S. The monoisotopic (exact) mass is 377 g/mol. The Morgan fingerprint density at radius 2 is 2.12 bits per heavy atom. The number of aromatic nitrogens is 1. The molecule has 26 heavy (non-hydrogen) atoms. The molecule has 0 spiro atoms. The van der Waals surface area contributed by atoms with Crippen LogP contribution in [-0.2, 0) is 11.3 Å². The van der Waals surface area contributed by atoms with Crippen molar-refractivity contribution < 1.29 is 9.15 Å². The van der Waals surface area contributed by atoms with Crippen molar-refractivity contribution in [3.8, 4) is 0 Å². The van der Waals surface area contributed by atoms with Gasteiger partial charge in [-0.05, 0) is 26.0 Å². The first-order chi connectivity index (χ1) is 12.7. The molecule has 3 heterocycles. The van der Waals surface area contributed by atoms with Crippen LogP contribution in [0.1, 0.15) is 27.4 Å². The van der Waals surface area contributed by atoms with Gasteiger partial charge in [0.25, 0.3) is 0 Å². The Bertz CT molecular complexity index is 721. The topological polar surface area (TPSA) is 74.9 Å². The number of aliphatic imine (C=N–C) groups is 1. The molecule has 142 valence electrons. The lowest BCUT2D eigenvalue weighted by molar-refractivity contribution is 0.0124. The van der Waals surface area contributed by atoms with Crippen LogP contribution < -0.4 is 10.6 Å². The third-order valence-corrected chi connectivity index (χ3v) is 5.25. The number of nitrogens with zero attached hydrogens (tertiary/aromatic N) is 3. The van der Waals surface area contributed by atoms with Crippen LogP contribution in [0, 0.1) is 13.8 Å². The van der Waals surface area contributed by atoms with Crippen LogP contribution in [0.3, 0.4) is 0 Å². The van der Waals surface area contributed by atoms with Crippen LogP contribution >= 0.6 is 11.3 Å². The van der Waals surface area contributed by atoms with E-state index in [1.165, 1.54) is 4.88 Å². The fraction of sp³-hybridized carbons (Fsp3) is 0.556. The van der Waals surface area contributed by atoms with Crippen molar-refractivity contribution in [2.75, 3.05) is 39.9 Å². The van der Waals surface area contributed by atoms with Gasteiger partial charge in [0.15, 0.2) is 5.96 Å². The third-order valence-electron chi connectivity index (χ3n) is 4.34. The molecular weight excluding hydrogens is 350 g/mol. The number of aryl methyl sites for hydroxylation is 2. The molecule has 8 heteroatoms. The molecule has 1 atom stereocenters. The van der Waals surface area contributed by atoms with Gasteiger partial charge in [-0.1, -0.05) is 0 Å². The first-order valence-corrected chi connectivity index (χ1v) is 9.71. The van der Waals surface area contributed by atoms with Crippen molar-refractivity contribution in [1.82, 2.24) is 20.5 Å². The van der Waals surface area contributed by atoms with Crippen molar-refractivity contribution in [2.24, 2.45) is 4.99 Å². The van der Waals surface area contributed by atoms with E-state index in [9.17, 15) is 0 Å².